The number of nitrogen functional groups attached to an aromatic ring is 1. The topological polar surface area (TPSA) is 194 Å². The van der Waals surface area contributed by atoms with Crippen molar-refractivity contribution in [1.29, 1.82) is 0 Å². The highest BCUT2D eigenvalue weighted by molar-refractivity contribution is 5.99. The number of hydrogen-bond donors (Lipinski definition) is 5. The Morgan fingerprint density at radius 1 is 1.37 bits per heavy atom. The summed E-state index contributed by atoms with van der Waals surface area (Å²) in [5, 5.41) is 24.5. The molecular formula is C22H30N8O5. The Bertz CT molecular complexity index is 1160. The number of aliphatic hydroxyl groups excluding tert-OH is 2. The van der Waals surface area contributed by atoms with E-state index in [4.69, 9.17) is 16.2 Å². The number of allylic oxidation sites excluding steroid dienone is 1. The molecule has 0 unspecified atom stereocenters. The van der Waals surface area contributed by atoms with Gasteiger partial charge in [0.15, 0.2) is 12.3 Å². The number of fused-ring (bicyclic) bond motifs is 1. The Labute approximate surface area is 201 Å². The standard InChI is InChI=1S/C22H30N8O5/c1-25-7-5-13(23)12-10-30(20-15(12)19(24)27-11-28-20)22-17(33)16(32)18(35-22)21(34)26-6-3-9-29-8-2-4-14(29)31/h5,7,10-11,16-18,22,32-33H,2-4,6,8-9,23H2,1H3,(H,26,34)(H2,24,27,28)/b13-5-,25-7?/t16-,17+,18-,22+/m0/s1. The fourth-order valence-electron chi connectivity index (χ4n) is 4.39. The number of carbonyl (C=O) groups excluding carboxylic acids is 2. The highest BCUT2D eigenvalue weighted by Gasteiger charge is 2.47. The zero-order chi connectivity index (χ0) is 25.1. The summed E-state index contributed by atoms with van der Waals surface area (Å²) in [7, 11) is 1.60. The molecule has 35 heavy (non-hydrogen) atoms. The normalized spacial score (nSPS) is 25.3. The third-order valence-electron chi connectivity index (χ3n) is 6.20. The van der Waals surface area contributed by atoms with Crippen molar-refractivity contribution in [2.75, 3.05) is 32.4 Å². The number of ether oxygens (including phenoxy) is 1. The maximum Gasteiger partial charge on any atom is 0.252 e. The molecule has 2 fully saturated rings. The molecule has 0 aliphatic carbocycles. The van der Waals surface area contributed by atoms with Crippen LogP contribution in [0.2, 0.25) is 0 Å². The quantitative estimate of drug-likeness (QED) is 0.224. The summed E-state index contributed by atoms with van der Waals surface area (Å²) in [6, 6.07) is 0. The minimum absolute atomic E-state index is 0.122. The van der Waals surface area contributed by atoms with E-state index in [-0.39, 0.29) is 11.7 Å². The minimum atomic E-state index is -1.47. The zero-order valence-corrected chi connectivity index (χ0v) is 19.4. The Kier molecular flexibility index (Phi) is 7.28. The average Bonchev–Trinajstić information content (AvgIpc) is 3.52. The Morgan fingerprint density at radius 2 is 2.17 bits per heavy atom. The summed E-state index contributed by atoms with van der Waals surface area (Å²) >= 11 is 0. The molecule has 2 aliphatic rings. The molecule has 2 amide bonds. The second-order valence-corrected chi connectivity index (χ2v) is 8.49. The van der Waals surface area contributed by atoms with E-state index < -0.39 is 30.4 Å². The number of nitrogens with two attached hydrogens (primary N) is 2. The van der Waals surface area contributed by atoms with Gasteiger partial charge in [-0.2, -0.15) is 0 Å². The van der Waals surface area contributed by atoms with E-state index in [2.05, 4.69) is 20.3 Å². The summed E-state index contributed by atoms with van der Waals surface area (Å²) < 4.78 is 7.28. The third-order valence-corrected chi connectivity index (χ3v) is 6.20. The molecule has 0 bridgehead atoms. The fourth-order valence-corrected chi connectivity index (χ4v) is 4.39. The number of aliphatic imine (C=N–C) groups is 1. The Balaban J connectivity index is 1.50. The van der Waals surface area contributed by atoms with Crippen molar-refractivity contribution in [3.8, 4) is 0 Å². The minimum Gasteiger partial charge on any atom is -0.398 e. The second kappa shape index (κ2) is 10.4. The van der Waals surface area contributed by atoms with Gasteiger partial charge in [0.1, 0.15) is 30.0 Å². The van der Waals surface area contributed by atoms with Gasteiger partial charge in [-0.15, -0.1) is 0 Å². The summed E-state index contributed by atoms with van der Waals surface area (Å²) in [5.41, 5.74) is 13.4. The molecule has 7 N–H and O–H groups in total. The molecule has 0 aromatic carbocycles. The van der Waals surface area contributed by atoms with Crippen LogP contribution >= 0.6 is 0 Å². The molecule has 13 heteroatoms. The molecule has 4 heterocycles. The number of hydrogen-bond acceptors (Lipinski definition) is 10. The molecular weight excluding hydrogens is 456 g/mol. The van der Waals surface area contributed by atoms with Gasteiger partial charge in [0.2, 0.25) is 5.91 Å². The van der Waals surface area contributed by atoms with Gasteiger partial charge >= 0.3 is 0 Å². The van der Waals surface area contributed by atoms with Gasteiger partial charge in [-0.3, -0.25) is 14.6 Å². The molecule has 0 radical (unpaired) electrons. The summed E-state index contributed by atoms with van der Waals surface area (Å²) in [4.78, 5) is 38.3. The summed E-state index contributed by atoms with van der Waals surface area (Å²) in [5.74, 6) is -0.263. The number of nitrogens with zero attached hydrogens (tertiary/aromatic N) is 5. The summed E-state index contributed by atoms with van der Waals surface area (Å²) in [6.45, 7) is 1.59. The van der Waals surface area contributed by atoms with Crippen LogP contribution in [-0.2, 0) is 14.3 Å². The van der Waals surface area contributed by atoms with Crippen LogP contribution in [0.25, 0.3) is 16.7 Å². The smallest absolute Gasteiger partial charge is 0.252 e. The van der Waals surface area contributed by atoms with Crippen molar-refractivity contribution in [3.05, 3.63) is 24.2 Å². The second-order valence-electron chi connectivity index (χ2n) is 8.49. The van der Waals surface area contributed by atoms with Crippen molar-refractivity contribution in [1.82, 2.24) is 24.8 Å². The van der Waals surface area contributed by atoms with E-state index >= 15 is 0 Å². The number of aliphatic hydroxyl groups is 2. The van der Waals surface area contributed by atoms with Crippen LogP contribution in [0.1, 0.15) is 31.1 Å². The lowest BCUT2D eigenvalue weighted by Crippen LogP contribution is -2.43. The van der Waals surface area contributed by atoms with Gasteiger partial charge in [0, 0.05) is 56.8 Å². The fraction of sp³-hybridized carbons (Fsp3) is 0.500. The van der Waals surface area contributed by atoms with Crippen LogP contribution in [0.15, 0.2) is 23.6 Å². The first-order valence-electron chi connectivity index (χ1n) is 11.4. The monoisotopic (exact) mass is 486 g/mol. The number of anilines is 1. The first-order chi connectivity index (χ1) is 16.8. The average molecular weight is 487 g/mol. The Hall–Kier alpha value is -3.55. The van der Waals surface area contributed by atoms with E-state index in [1.165, 1.54) is 17.1 Å². The highest BCUT2D eigenvalue weighted by Crippen LogP contribution is 2.36. The van der Waals surface area contributed by atoms with Crippen LogP contribution < -0.4 is 16.8 Å². The number of rotatable bonds is 8. The van der Waals surface area contributed by atoms with Crippen LogP contribution in [0, 0.1) is 0 Å². The number of likely N-dealkylation sites (tertiary alicyclic amines) is 1. The lowest BCUT2D eigenvalue weighted by Gasteiger charge is -2.17. The first-order valence-corrected chi connectivity index (χ1v) is 11.4. The van der Waals surface area contributed by atoms with Crippen molar-refractivity contribution < 1.29 is 24.5 Å². The van der Waals surface area contributed by atoms with Gasteiger partial charge in [-0.1, -0.05) is 0 Å². The molecule has 2 aromatic heterocycles. The van der Waals surface area contributed by atoms with Crippen molar-refractivity contribution in [3.63, 3.8) is 0 Å². The van der Waals surface area contributed by atoms with Crippen LogP contribution in [0.3, 0.4) is 0 Å². The molecule has 2 aromatic rings. The van der Waals surface area contributed by atoms with E-state index in [0.29, 0.717) is 48.2 Å². The van der Waals surface area contributed by atoms with Gasteiger partial charge in [-0.05, 0) is 18.9 Å². The lowest BCUT2D eigenvalue weighted by molar-refractivity contribution is -0.137. The molecule has 0 saturated carbocycles. The van der Waals surface area contributed by atoms with E-state index in [1.807, 2.05) is 0 Å². The molecule has 13 nitrogen and oxygen atoms in total. The molecule has 0 spiro atoms. The van der Waals surface area contributed by atoms with Crippen molar-refractivity contribution in [2.24, 2.45) is 10.7 Å². The largest absolute Gasteiger partial charge is 0.398 e. The van der Waals surface area contributed by atoms with Crippen molar-refractivity contribution in [2.45, 2.75) is 43.8 Å². The van der Waals surface area contributed by atoms with Gasteiger partial charge < -0.3 is 41.2 Å². The van der Waals surface area contributed by atoms with Gasteiger partial charge in [-0.25, -0.2) is 9.97 Å². The lowest BCUT2D eigenvalue weighted by atomic mass is 10.1. The van der Waals surface area contributed by atoms with Gasteiger partial charge in [0.25, 0.3) is 5.91 Å². The summed E-state index contributed by atoms with van der Waals surface area (Å²) in [6.07, 6.45) is 2.61. The number of aromatic nitrogens is 3. The number of nitrogens with one attached hydrogen (secondary N) is 1. The van der Waals surface area contributed by atoms with E-state index in [1.54, 1.807) is 24.2 Å². The SMILES string of the molecule is CN=C/C=C(\N)c1cn([C@@H]2O[C@H](C(=O)NCCCN3CCCC3=O)[C@@H](O)[C@H]2O)c2ncnc(N)c12. The predicted molar refractivity (Wildman–Crippen MR) is 128 cm³/mol. The maximum absolute atomic E-state index is 12.7. The van der Waals surface area contributed by atoms with Crippen LogP contribution in [-0.4, -0.2) is 92.7 Å². The molecule has 188 valence electrons. The van der Waals surface area contributed by atoms with Crippen molar-refractivity contribution >= 4 is 40.6 Å². The zero-order valence-electron chi connectivity index (χ0n) is 19.4. The highest BCUT2D eigenvalue weighted by atomic mass is 16.6. The molecule has 4 rings (SSSR count). The maximum atomic E-state index is 12.7. The third kappa shape index (κ3) is 4.83. The van der Waals surface area contributed by atoms with Gasteiger partial charge in [0.05, 0.1) is 5.39 Å². The molecule has 2 saturated heterocycles. The number of amides is 2. The molecule has 2 aliphatic heterocycles. The van der Waals surface area contributed by atoms with Crippen LogP contribution in [0.4, 0.5) is 5.82 Å². The number of carbonyl (C=O) groups is 2. The first kappa shape index (κ1) is 24.6. The molecule has 4 atom stereocenters. The van der Waals surface area contributed by atoms with E-state index in [9.17, 15) is 19.8 Å². The Morgan fingerprint density at radius 3 is 2.89 bits per heavy atom. The van der Waals surface area contributed by atoms with Crippen LogP contribution in [0.5, 0.6) is 0 Å². The predicted octanol–water partition coefficient (Wildman–Crippen LogP) is -1.24. The van der Waals surface area contributed by atoms with E-state index in [0.717, 1.165) is 13.0 Å².